The first-order valence-corrected chi connectivity index (χ1v) is 10.2. The third-order valence-electron chi connectivity index (χ3n) is 4.09. The van der Waals surface area contributed by atoms with E-state index in [9.17, 15) is 4.79 Å². The number of ether oxygens (including phenoxy) is 2. The molecule has 0 bridgehead atoms. The molecule has 0 aliphatic heterocycles. The Labute approximate surface area is 186 Å². The number of para-hydroxylation sites is 1. The maximum Gasteiger partial charge on any atom is 0.265 e. The van der Waals surface area contributed by atoms with Gasteiger partial charge in [-0.1, -0.05) is 65.3 Å². The molecule has 31 heavy (non-hydrogen) atoms. The SMILES string of the molecule is CCOc1cc(C=NOCC(=O)Nc2ccccc2)cc(Cl)c1OCc1ccccc1. The summed E-state index contributed by atoms with van der Waals surface area (Å²) >= 11 is 6.42. The van der Waals surface area contributed by atoms with Gasteiger partial charge in [-0.2, -0.15) is 0 Å². The predicted molar refractivity (Wildman–Crippen MR) is 122 cm³/mol. The van der Waals surface area contributed by atoms with Gasteiger partial charge in [-0.15, -0.1) is 0 Å². The maximum absolute atomic E-state index is 11.9. The van der Waals surface area contributed by atoms with Crippen molar-refractivity contribution in [2.24, 2.45) is 5.16 Å². The Kier molecular flexibility index (Phi) is 8.31. The number of carbonyl (C=O) groups excluding carboxylic acids is 1. The molecule has 0 unspecified atom stereocenters. The number of anilines is 1. The molecule has 7 heteroatoms. The molecule has 0 saturated carbocycles. The molecular formula is C24H23ClN2O4. The van der Waals surface area contributed by atoms with E-state index in [0.717, 1.165) is 5.56 Å². The van der Waals surface area contributed by atoms with Crippen molar-refractivity contribution < 1.29 is 19.1 Å². The summed E-state index contributed by atoms with van der Waals surface area (Å²) in [6.07, 6.45) is 1.46. The number of oxime groups is 1. The average Bonchev–Trinajstić information content (AvgIpc) is 2.78. The maximum atomic E-state index is 11.9. The van der Waals surface area contributed by atoms with E-state index in [1.807, 2.05) is 55.5 Å². The van der Waals surface area contributed by atoms with Crippen molar-refractivity contribution >= 4 is 29.4 Å². The minimum absolute atomic E-state index is 0.213. The number of nitrogens with one attached hydrogen (secondary N) is 1. The summed E-state index contributed by atoms with van der Waals surface area (Å²) in [6.45, 7) is 2.49. The summed E-state index contributed by atoms with van der Waals surface area (Å²) in [4.78, 5) is 17.0. The van der Waals surface area contributed by atoms with Crippen LogP contribution in [0.4, 0.5) is 5.69 Å². The van der Waals surface area contributed by atoms with Crippen molar-refractivity contribution in [2.45, 2.75) is 13.5 Å². The third-order valence-corrected chi connectivity index (χ3v) is 4.37. The second-order valence-corrected chi connectivity index (χ2v) is 6.87. The smallest absolute Gasteiger partial charge is 0.265 e. The Morgan fingerprint density at radius 1 is 1.03 bits per heavy atom. The molecule has 3 aromatic carbocycles. The molecule has 0 heterocycles. The van der Waals surface area contributed by atoms with Crippen LogP contribution < -0.4 is 14.8 Å². The van der Waals surface area contributed by atoms with E-state index in [0.29, 0.717) is 41.0 Å². The van der Waals surface area contributed by atoms with Crippen molar-refractivity contribution in [3.63, 3.8) is 0 Å². The van der Waals surface area contributed by atoms with E-state index in [-0.39, 0.29) is 12.5 Å². The van der Waals surface area contributed by atoms with Gasteiger partial charge in [0.1, 0.15) is 6.61 Å². The molecule has 1 amide bonds. The first kappa shape index (κ1) is 22.2. The monoisotopic (exact) mass is 438 g/mol. The number of carbonyl (C=O) groups is 1. The number of benzene rings is 3. The molecule has 6 nitrogen and oxygen atoms in total. The second-order valence-electron chi connectivity index (χ2n) is 6.46. The predicted octanol–water partition coefficient (Wildman–Crippen LogP) is 5.31. The molecule has 0 fully saturated rings. The van der Waals surface area contributed by atoms with Crippen LogP contribution in [0.1, 0.15) is 18.1 Å². The van der Waals surface area contributed by atoms with Crippen LogP contribution in [0.25, 0.3) is 0 Å². The third kappa shape index (κ3) is 7.04. The van der Waals surface area contributed by atoms with Crippen molar-refractivity contribution in [1.82, 2.24) is 0 Å². The van der Waals surface area contributed by atoms with Crippen LogP contribution in [0.5, 0.6) is 11.5 Å². The van der Waals surface area contributed by atoms with Crippen molar-refractivity contribution in [3.8, 4) is 11.5 Å². The molecule has 0 atom stereocenters. The number of hydrogen-bond donors (Lipinski definition) is 1. The van der Waals surface area contributed by atoms with Gasteiger partial charge in [-0.25, -0.2) is 0 Å². The van der Waals surface area contributed by atoms with Crippen LogP contribution in [0.2, 0.25) is 5.02 Å². The molecule has 1 N–H and O–H groups in total. The summed E-state index contributed by atoms with van der Waals surface area (Å²) < 4.78 is 11.6. The molecule has 0 saturated heterocycles. The van der Waals surface area contributed by atoms with Gasteiger partial charge in [0.2, 0.25) is 0 Å². The first-order chi connectivity index (χ1) is 15.2. The van der Waals surface area contributed by atoms with Gasteiger partial charge in [0.25, 0.3) is 5.91 Å². The Bertz CT molecular complexity index is 1010. The van der Waals surface area contributed by atoms with E-state index in [4.69, 9.17) is 25.9 Å². The standard InChI is InChI=1S/C24H23ClN2O4/c1-2-29-22-14-19(13-21(25)24(22)30-16-18-9-5-3-6-10-18)15-26-31-17-23(28)27-20-11-7-4-8-12-20/h3-15H,2,16-17H2,1H3,(H,27,28). The molecule has 3 rings (SSSR count). The van der Waals surface area contributed by atoms with Crippen LogP contribution in [0, 0.1) is 0 Å². The lowest BCUT2D eigenvalue weighted by molar-refractivity contribution is -0.120. The zero-order valence-corrected chi connectivity index (χ0v) is 17.8. The molecule has 0 aromatic heterocycles. The quantitative estimate of drug-likeness (QED) is 0.344. The number of hydrogen-bond acceptors (Lipinski definition) is 5. The highest BCUT2D eigenvalue weighted by atomic mass is 35.5. The van der Waals surface area contributed by atoms with Gasteiger partial charge in [0, 0.05) is 11.3 Å². The van der Waals surface area contributed by atoms with Crippen LogP contribution in [0.15, 0.2) is 78.0 Å². The summed E-state index contributed by atoms with van der Waals surface area (Å²) in [5.41, 5.74) is 2.37. The van der Waals surface area contributed by atoms with E-state index < -0.39 is 0 Å². The Morgan fingerprint density at radius 3 is 2.45 bits per heavy atom. The summed E-state index contributed by atoms with van der Waals surface area (Å²) in [5.74, 6) is 0.669. The molecule has 0 aliphatic carbocycles. The topological polar surface area (TPSA) is 69.2 Å². The molecule has 0 aliphatic rings. The molecular weight excluding hydrogens is 416 g/mol. The van der Waals surface area contributed by atoms with Gasteiger partial charge in [-0.3, -0.25) is 4.79 Å². The van der Waals surface area contributed by atoms with Crippen molar-refractivity contribution in [2.75, 3.05) is 18.5 Å². The zero-order chi connectivity index (χ0) is 21.9. The van der Waals surface area contributed by atoms with Gasteiger partial charge >= 0.3 is 0 Å². The highest BCUT2D eigenvalue weighted by molar-refractivity contribution is 6.32. The highest BCUT2D eigenvalue weighted by Crippen LogP contribution is 2.37. The molecule has 3 aromatic rings. The lowest BCUT2D eigenvalue weighted by Crippen LogP contribution is -2.16. The van der Waals surface area contributed by atoms with Gasteiger partial charge in [0.15, 0.2) is 18.1 Å². The fourth-order valence-corrected chi connectivity index (χ4v) is 2.98. The van der Waals surface area contributed by atoms with E-state index >= 15 is 0 Å². The van der Waals surface area contributed by atoms with Crippen molar-refractivity contribution in [3.05, 3.63) is 88.9 Å². The van der Waals surface area contributed by atoms with Crippen LogP contribution >= 0.6 is 11.6 Å². The normalized spacial score (nSPS) is 10.6. The molecule has 160 valence electrons. The Morgan fingerprint density at radius 2 is 1.74 bits per heavy atom. The molecule has 0 spiro atoms. The Hall–Kier alpha value is -3.51. The average molecular weight is 439 g/mol. The lowest BCUT2D eigenvalue weighted by Gasteiger charge is -2.14. The minimum Gasteiger partial charge on any atom is -0.490 e. The zero-order valence-electron chi connectivity index (χ0n) is 17.1. The van der Waals surface area contributed by atoms with Crippen molar-refractivity contribution in [1.29, 1.82) is 0 Å². The van der Waals surface area contributed by atoms with Crippen LogP contribution in [-0.2, 0) is 16.2 Å². The van der Waals surface area contributed by atoms with E-state index in [1.165, 1.54) is 6.21 Å². The van der Waals surface area contributed by atoms with E-state index in [2.05, 4.69) is 10.5 Å². The molecule has 0 radical (unpaired) electrons. The van der Waals surface area contributed by atoms with Crippen LogP contribution in [0.3, 0.4) is 0 Å². The van der Waals surface area contributed by atoms with E-state index in [1.54, 1.807) is 24.3 Å². The van der Waals surface area contributed by atoms with Gasteiger partial charge in [-0.05, 0) is 36.8 Å². The lowest BCUT2D eigenvalue weighted by atomic mass is 10.2. The summed E-state index contributed by atoms with van der Waals surface area (Å²) in [6, 6.07) is 22.4. The van der Waals surface area contributed by atoms with Crippen LogP contribution in [-0.4, -0.2) is 25.3 Å². The Balaban J connectivity index is 1.59. The summed E-state index contributed by atoms with van der Waals surface area (Å²) in [5, 5.41) is 6.96. The van der Waals surface area contributed by atoms with Gasteiger partial charge in [0.05, 0.1) is 17.8 Å². The second kappa shape index (κ2) is 11.6. The minimum atomic E-state index is -0.305. The number of rotatable bonds is 10. The van der Waals surface area contributed by atoms with Gasteiger partial charge < -0.3 is 19.6 Å². The fourth-order valence-electron chi connectivity index (χ4n) is 2.71. The highest BCUT2D eigenvalue weighted by Gasteiger charge is 2.12. The fraction of sp³-hybridized carbons (Fsp3) is 0.167. The largest absolute Gasteiger partial charge is 0.490 e. The summed E-state index contributed by atoms with van der Waals surface area (Å²) in [7, 11) is 0. The number of amides is 1. The first-order valence-electron chi connectivity index (χ1n) is 9.79. The number of halogens is 1. The number of nitrogens with zero attached hydrogens (tertiary/aromatic N) is 1.